The molecule has 0 bridgehead atoms. The average Bonchev–Trinajstić information content (AvgIpc) is 2.20. The van der Waals surface area contributed by atoms with Crippen molar-refractivity contribution in [3.63, 3.8) is 0 Å². The molecule has 1 N–H and O–H groups in total. The fourth-order valence-electron chi connectivity index (χ4n) is 1.59. The van der Waals surface area contributed by atoms with E-state index in [-0.39, 0.29) is 25.8 Å². The van der Waals surface area contributed by atoms with Crippen molar-refractivity contribution in [1.82, 2.24) is 0 Å². The lowest BCUT2D eigenvalue weighted by Gasteiger charge is -2.35. The molecule has 0 saturated carbocycles. The summed E-state index contributed by atoms with van der Waals surface area (Å²) < 4.78 is 20.6. The van der Waals surface area contributed by atoms with Gasteiger partial charge >= 0.3 is 0 Å². The van der Waals surface area contributed by atoms with E-state index in [1.54, 1.807) is 0 Å². The molecule has 0 aliphatic carbocycles. The summed E-state index contributed by atoms with van der Waals surface area (Å²) in [6, 6.07) is 0. The van der Waals surface area contributed by atoms with E-state index in [4.69, 9.17) is 18.9 Å². The highest BCUT2D eigenvalue weighted by Gasteiger charge is 2.34. The molecule has 0 aromatic carbocycles. The van der Waals surface area contributed by atoms with Gasteiger partial charge in [-0.2, -0.15) is 0 Å². The molecule has 2 fully saturated rings. The molecule has 2 saturated heterocycles. The van der Waals surface area contributed by atoms with Gasteiger partial charge in [0.05, 0.1) is 19.3 Å². The molecule has 0 radical (unpaired) electrons. The van der Waals surface area contributed by atoms with Crippen LogP contribution in [-0.4, -0.2) is 50.2 Å². The van der Waals surface area contributed by atoms with Crippen LogP contribution >= 0.6 is 0 Å². The Labute approximate surface area is 76.5 Å². The number of rotatable bonds is 1. The van der Waals surface area contributed by atoms with Crippen molar-refractivity contribution in [3.8, 4) is 0 Å². The van der Waals surface area contributed by atoms with Crippen LogP contribution in [-0.2, 0) is 18.9 Å². The van der Waals surface area contributed by atoms with Gasteiger partial charge in [0.25, 0.3) is 0 Å². The number of ether oxygens (including phenoxy) is 4. The fourth-order valence-corrected chi connectivity index (χ4v) is 1.59. The number of aliphatic hydroxyl groups is 1. The maximum absolute atomic E-state index is 9.55. The Morgan fingerprint density at radius 1 is 1.08 bits per heavy atom. The lowest BCUT2D eigenvalue weighted by Crippen LogP contribution is -2.49. The van der Waals surface area contributed by atoms with Crippen molar-refractivity contribution >= 4 is 0 Å². The third-order valence-corrected chi connectivity index (χ3v) is 2.29. The van der Waals surface area contributed by atoms with E-state index in [1.807, 2.05) is 0 Å². The zero-order valence-electron chi connectivity index (χ0n) is 7.35. The lowest BCUT2D eigenvalue weighted by molar-refractivity contribution is -0.253. The van der Waals surface area contributed by atoms with Gasteiger partial charge in [0.15, 0.2) is 0 Å². The molecule has 0 spiro atoms. The van der Waals surface area contributed by atoms with Crippen LogP contribution in [0.1, 0.15) is 6.42 Å². The predicted molar refractivity (Wildman–Crippen MR) is 42.0 cm³/mol. The highest BCUT2D eigenvalue weighted by molar-refractivity contribution is 4.80. The largest absolute Gasteiger partial charge is 0.388 e. The molecule has 0 aromatic rings. The number of hydrogen-bond acceptors (Lipinski definition) is 5. The van der Waals surface area contributed by atoms with Crippen LogP contribution in [0, 0.1) is 0 Å². The van der Waals surface area contributed by atoms with Crippen LogP contribution in [0.4, 0.5) is 0 Å². The molecule has 5 heteroatoms. The minimum atomic E-state index is -0.586. The molecule has 76 valence electrons. The SMILES string of the molecule is OC1COCOC1C1CCOCO1. The van der Waals surface area contributed by atoms with Gasteiger partial charge in [-0.05, 0) is 6.42 Å². The Bertz CT molecular complexity index is 157. The molecule has 13 heavy (non-hydrogen) atoms. The van der Waals surface area contributed by atoms with Crippen molar-refractivity contribution in [1.29, 1.82) is 0 Å². The van der Waals surface area contributed by atoms with Crippen molar-refractivity contribution < 1.29 is 24.1 Å². The fraction of sp³-hybridized carbons (Fsp3) is 1.00. The van der Waals surface area contributed by atoms with Crippen molar-refractivity contribution in [2.45, 2.75) is 24.7 Å². The summed E-state index contributed by atoms with van der Waals surface area (Å²) in [5.74, 6) is 0. The van der Waals surface area contributed by atoms with Crippen LogP contribution < -0.4 is 0 Å². The second-order valence-corrected chi connectivity index (χ2v) is 3.21. The van der Waals surface area contributed by atoms with Gasteiger partial charge in [0.2, 0.25) is 0 Å². The molecule has 5 nitrogen and oxygen atoms in total. The summed E-state index contributed by atoms with van der Waals surface area (Å²) in [4.78, 5) is 0. The summed E-state index contributed by atoms with van der Waals surface area (Å²) >= 11 is 0. The molecule has 2 aliphatic heterocycles. The second-order valence-electron chi connectivity index (χ2n) is 3.21. The smallest absolute Gasteiger partial charge is 0.147 e. The molecule has 2 aliphatic rings. The monoisotopic (exact) mass is 190 g/mol. The molecular formula is C8H14O5. The molecule has 2 heterocycles. The standard InChI is InChI=1S/C8H14O5/c9-6-3-11-5-13-8(6)7-1-2-10-4-12-7/h6-9H,1-5H2. The topological polar surface area (TPSA) is 57.2 Å². The maximum atomic E-state index is 9.55. The highest BCUT2D eigenvalue weighted by Crippen LogP contribution is 2.19. The third kappa shape index (κ3) is 2.18. The number of hydrogen-bond donors (Lipinski definition) is 1. The molecular weight excluding hydrogens is 176 g/mol. The Hall–Kier alpha value is -0.200. The van der Waals surface area contributed by atoms with Gasteiger partial charge in [-0.1, -0.05) is 0 Å². The second kappa shape index (κ2) is 4.34. The van der Waals surface area contributed by atoms with Crippen molar-refractivity contribution in [2.75, 3.05) is 26.8 Å². The Morgan fingerprint density at radius 3 is 2.62 bits per heavy atom. The first-order valence-corrected chi connectivity index (χ1v) is 4.44. The zero-order valence-corrected chi connectivity index (χ0v) is 7.35. The van der Waals surface area contributed by atoms with Gasteiger partial charge in [-0.3, -0.25) is 0 Å². The van der Waals surface area contributed by atoms with Gasteiger partial charge in [0.1, 0.15) is 25.8 Å². The summed E-state index contributed by atoms with van der Waals surface area (Å²) in [7, 11) is 0. The van der Waals surface area contributed by atoms with Crippen molar-refractivity contribution in [3.05, 3.63) is 0 Å². The van der Waals surface area contributed by atoms with Gasteiger partial charge < -0.3 is 24.1 Å². The first-order valence-electron chi connectivity index (χ1n) is 4.44. The Balaban J connectivity index is 1.88. The normalized spacial score (nSPS) is 41.8. The average molecular weight is 190 g/mol. The summed E-state index contributed by atoms with van der Waals surface area (Å²) in [6.45, 7) is 1.52. The van der Waals surface area contributed by atoms with E-state index in [1.165, 1.54) is 0 Å². The van der Waals surface area contributed by atoms with Crippen LogP contribution in [0.5, 0.6) is 0 Å². The van der Waals surface area contributed by atoms with Crippen molar-refractivity contribution in [2.24, 2.45) is 0 Å². The van der Waals surface area contributed by atoms with Gasteiger partial charge in [-0.15, -0.1) is 0 Å². The molecule has 0 aromatic heterocycles. The summed E-state index contributed by atoms with van der Waals surface area (Å²) in [6.07, 6.45) is -0.149. The van der Waals surface area contributed by atoms with Gasteiger partial charge in [0, 0.05) is 0 Å². The van der Waals surface area contributed by atoms with Crippen LogP contribution in [0.2, 0.25) is 0 Å². The summed E-state index contributed by atoms with van der Waals surface area (Å²) in [5.41, 5.74) is 0. The predicted octanol–water partition coefficient (Wildman–Crippen LogP) is -0.517. The molecule has 2 rings (SSSR count). The van der Waals surface area contributed by atoms with E-state index in [2.05, 4.69) is 0 Å². The van der Waals surface area contributed by atoms with E-state index in [9.17, 15) is 5.11 Å². The minimum Gasteiger partial charge on any atom is -0.388 e. The van der Waals surface area contributed by atoms with E-state index >= 15 is 0 Å². The number of aliphatic hydroxyl groups excluding tert-OH is 1. The molecule has 3 unspecified atom stereocenters. The first kappa shape index (κ1) is 9.36. The van der Waals surface area contributed by atoms with Crippen LogP contribution in [0.15, 0.2) is 0 Å². The van der Waals surface area contributed by atoms with E-state index in [0.717, 1.165) is 6.42 Å². The van der Waals surface area contributed by atoms with Gasteiger partial charge in [-0.25, -0.2) is 0 Å². The first-order chi connectivity index (χ1) is 6.38. The third-order valence-electron chi connectivity index (χ3n) is 2.29. The van der Waals surface area contributed by atoms with E-state index < -0.39 is 6.10 Å². The van der Waals surface area contributed by atoms with E-state index in [0.29, 0.717) is 13.2 Å². The molecule has 0 amide bonds. The zero-order chi connectivity index (χ0) is 9.10. The Kier molecular flexibility index (Phi) is 3.13. The quantitative estimate of drug-likeness (QED) is 0.603. The van der Waals surface area contributed by atoms with Crippen LogP contribution in [0.3, 0.4) is 0 Å². The molecule has 3 atom stereocenters. The lowest BCUT2D eigenvalue weighted by atomic mass is 10.0. The minimum absolute atomic E-state index is 0.0624. The maximum Gasteiger partial charge on any atom is 0.147 e. The highest BCUT2D eigenvalue weighted by atomic mass is 16.7. The van der Waals surface area contributed by atoms with Crippen LogP contribution in [0.25, 0.3) is 0 Å². The summed E-state index contributed by atoms with van der Waals surface area (Å²) in [5, 5.41) is 9.55. The Morgan fingerprint density at radius 2 is 1.92 bits per heavy atom.